The lowest BCUT2D eigenvalue weighted by atomic mass is 10.0. The summed E-state index contributed by atoms with van der Waals surface area (Å²) >= 11 is 5.70. The number of hydrogen-bond donors (Lipinski definition) is 0. The van der Waals surface area contributed by atoms with Crippen LogP contribution in [0.5, 0.6) is 0 Å². The number of amides is 1. The van der Waals surface area contributed by atoms with Crippen molar-refractivity contribution in [2.75, 3.05) is 33.1 Å². The molecule has 0 radical (unpaired) electrons. The highest BCUT2D eigenvalue weighted by Crippen LogP contribution is 2.15. The molecule has 0 aliphatic carbocycles. The number of halogens is 1. The molecule has 0 aromatic heterocycles. The summed E-state index contributed by atoms with van der Waals surface area (Å²) in [4.78, 5) is 16.1. The maximum absolute atomic E-state index is 11.9. The van der Waals surface area contributed by atoms with Gasteiger partial charge in [0.25, 0.3) is 0 Å². The number of carbonyl (C=O) groups is 1. The third-order valence-electron chi connectivity index (χ3n) is 3.15. The number of rotatable bonds is 3. The highest BCUT2D eigenvalue weighted by atomic mass is 35.5. The Hall–Kier alpha value is -0.280. The maximum Gasteiger partial charge on any atom is 0.226 e. The van der Waals surface area contributed by atoms with Crippen LogP contribution in [0.2, 0.25) is 0 Å². The molecule has 4 heteroatoms. The van der Waals surface area contributed by atoms with Crippen LogP contribution in [-0.2, 0) is 4.79 Å². The minimum Gasteiger partial charge on any atom is -0.341 e. The van der Waals surface area contributed by atoms with Gasteiger partial charge in [0, 0.05) is 31.4 Å². The lowest BCUT2D eigenvalue weighted by Gasteiger charge is -2.36. The highest BCUT2D eigenvalue weighted by molar-refractivity contribution is 6.19. The van der Waals surface area contributed by atoms with Crippen LogP contribution < -0.4 is 0 Å². The summed E-state index contributed by atoms with van der Waals surface area (Å²) in [6.07, 6.45) is 2.29. The van der Waals surface area contributed by atoms with Crippen molar-refractivity contribution in [3.8, 4) is 0 Å². The second-order valence-electron chi connectivity index (χ2n) is 4.56. The van der Waals surface area contributed by atoms with Crippen LogP contribution in [0.4, 0.5) is 0 Å². The number of likely N-dealkylation sites (N-methyl/N-ethyl adjacent to an activating group) is 2. The predicted octanol–water partition coefficient (Wildman–Crippen LogP) is 1.41. The first kappa shape index (κ1) is 12.8. The van der Waals surface area contributed by atoms with Crippen LogP contribution in [0.15, 0.2) is 0 Å². The fourth-order valence-corrected chi connectivity index (χ4v) is 2.18. The molecule has 15 heavy (non-hydrogen) atoms. The summed E-state index contributed by atoms with van der Waals surface area (Å²) in [6.45, 7) is 4.01. The Morgan fingerprint density at radius 1 is 1.67 bits per heavy atom. The molecule has 3 nitrogen and oxygen atoms in total. The highest BCUT2D eigenvalue weighted by Gasteiger charge is 2.26. The van der Waals surface area contributed by atoms with Gasteiger partial charge in [0.2, 0.25) is 5.91 Å². The molecule has 88 valence electrons. The first-order valence-electron chi connectivity index (χ1n) is 5.57. The number of piperidine rings is 1. The predicted molar refractivity (Wildman–Crippen MR) is 63.2 cm³/mol. The fourth-order valence-electron chi connectivity index (χ4n) is 2.05. The molecule has 0 spiro atoms. The van der Waals surface area contributed by atoms with Gasteiger partial charge in [-0.3, -0.25) is 4.79 Å². The van der Waals surface area contributed by atoms with Gasteiger partial charge in [0.1, 0.15) is 0 Å². The van der Waals surface area contributed by atoms with Crippen molar-refractivity contribution in [2.24, 2.45) is 5.92 Å². The number of nitrogens with zero attached hydrogens (tertiary/aromatic N) is 2. The Morgan fingerprint density at radius 2 is 2.33 bits per heavy atom. The maximum atomic E-state index is 11.9. The van der Waals surface area contributed by atoms with Gasteiger partial charge >= 0.3 is 0 Å². The molecule has 1 aliphatic rings. The zero-order valence-corrected chi connectivity index (χ0v) is 10.6. The average molecular weight is 233 g/mol. The summed E-state index contributed by atoms with van der Waals surface area (Å²) in [5.74, 6) is 0.514. The Balaban J connectivity index is 2.51. The summed E-state index contributed by atoms with van der Waals surface area (Å²) in [6, 6.07) is 0.363. The van der Waals surface area contributed by atoms with Crippen molar-refractivity contribution in [1.29, 1.82) is 0 Å². The molecule has 0 N–H and O–H groups in total. The van der Waals surface area contributed by atoms with E-state index in [-0.39, 0.29) is 11.8 Å². The molecular weight excluding hydrogens is 212 g/mol. The normalized spacial score (nSPS) is 24.9. The number of likely N-dealkylation sites (tertiary alicyclic amines) is 1. The Kier molecular flexibility index (Phi) is 4.87. The molecule has 0 aromatic carbocycles. The van der Waals surface area contributed by atoms with Crippen molar-refractivity contribution in [2.45, 2.75) is 25.8 Å². The molecule has 1 rings (SSSR count). The lowest BCUT2D eigenvalue weighted by molar-refractivity contribution is -0.136. The van der Waals surface area contributed by atoms with Gasteiger partial charge in [-0.15, -0.1) is 11.6 Å². The zero-order valence-electron chi connectivity index (χ0n) is 9.87. The van der Waals surface area contributed by atoms with Crippen molar-refractivity contribution >= 4 is 17.5 Å². The van der Waals surface area contributed by atoms with Crippen LogP contribution in [0.3, 0.4) is 0 Å². The third-order valence-corrected chi connectivity index (χ3v) is 3.61. The molecule has 1 aliphatic heterocycles. The van der Waals surface area contributed by atoms with Crippen molar-refractivity contribution in [3.63, 3.8) is 0 Å². The number of alkyl halides is 1. The molecule has 1 amide bonds. The molecule has 1 fully saturated rings. The van der Waals surface area contributed by atoms with Gasteiger partial charge in [-0.25, -0.2) is 0 Å². The summed E-state index contributed by atoms with van der Waals surface area (Å²) in [5, 5.41) is 0. The fraction of sp³-hybridized carbons (Fsp3) is 0.909. The van der Waals surface area contributed by atoms with E-state index < -0.39 is 0 Å². The van der Waals surface area contributed by atoms with E-state index in [0.29, 0.717) is 11.9 Å². The minimum atomic E-state index is -0.0658. The summed E-state index contributed by atoms with van der Waals surface area (Å²) < 4.78 is 0. The van der Waals surface area contributed by atoms with E-state index in [2.05, 4.69) is 11.9 Å². The van der Waals surface area contributed by atoms with Gasteiger partial charge in [-0.2, -0.15) is 0 Å². The molecule has 2 unspecified atom stereocenters. The van der Waals surface area contributed by atoms with E-state index in [1.807, 2.05) is 18.9 Å². The molecule has 1 saturated heterocycles. The third kappa shape index (κ3) is 3.35. The number of hydrogen-bond acceptors (Lipinski definition) is 2. The van der Waals surface area contributed by atoms with Crippen LogP contribution >= 0.6 is 11.6 Å². The second kappa shape index (κ2) is 5.71. The second-order valence-corrected chi connectivity index (χ2v) is 4.87. The molecule has 0 saturated carbocycles. The average Bonchev–Trinajstić information content (AvgIpc) is 2.26. The van der Waals surface area contributed by atoms with Crippen molar-refractivity contribution < 1.29 is 4.79 Å². The van der Waals surface area contributed by atoms with Crippen LogP contribution in [-0.4, -0.2) is 54.8 Å². The molecular formula is C11H21ClN2O. The monoisotopic (exact) mass is 232 g/mol. The van der Waals surface area contributed by atoms with Gasteiger partial charge in [-0.1, -0.05) is 6.92 Å². The van der Waals surface area contributed by atoms with Crippen LogP contribution in [0.1, 0.15) is 19.8 Å². The van der Waals surface area contributed by atoms with Gasteiger partial charge < -0.3 is 9.80 Å². The SMILES string of the molecule is CC(CCl)C(=O)N(C)C1CCCN(C)C1. The largest absolute Gasteiger partial charge is 0.341 e. The van der Waals surface area contributed by atoms with E-state index in [1.165, 1.54) is 6.42 Å². The van der Waals surface area contributed by atoms with Gasteiger partial charge in [0.15, 0.2) is 0 Å². The van der Waals surface area contributed by atoms with E-state index in [0.717, 1.165) is 19.5 Å². The van der Waals surface area contributed by atoms with E-state index in [4.69, 9.17) is 11.6 Å². The first-order chi connectivity index (χ1) is 7.06. The number of carbonyl (C=O) groups excluding carboxylic acids is 1. The van der Waals surface area contributed by atoms with E-state index in [9.17, 15) is 4.79 Å². The Morgan fingerprint density at radius 3 is 2.87 bits per heavy atom. The van der Waals surface area contributed by atoms with Crippen LogP contribution in [0.25, 0.3) is 0 Å². The standard InChI is InChI=1S/C11H21ClN2O/c1-9(7-12)11(15)14(3)10-5-4-6-13(2)8-10/h9-10H,4-8H2,1-3H3. The van der Waals surface area contributed by atoms with Gasteiger partial charge in [-0.05, 0) is 26.4 Å². The molecule has 1 heterocycles. The summed E-state index contributed by atoms with van der Waals surface area (Å²) in [5.41, 5.74) is 0. The van der Waals surface area contributed by atoms with Crippen molar-refractivity contribution in [1.82, 2.24) is 9.80 Å². The van der Waals surface area contributed by atoms with Gasteiger partial charge in [0.05, 0.1) is 0 Å². The van der Waals surface area contributed by atoms with E-state index >= 15 is 0 Å². The van der Waals surface area contributed by atoms with Crippen LogP contribution in [0, 0.1) is 5.92 Å². The minimum absolute atomic E-state index is 0.0658. The zero-order chi connectivity index (χ0) is 11.4. The smallest absolute Gasteiger partial charge is 0.226 e. The first-order valence-corrected chi connectivity index (χ1v) is 6.11. The Bertz CT molecular complexity index is 223. The lowest BCUT2D eigenvalue weighted by Crippen LogP contribution is -2.48. The topological polar surface area (TPSA) is 23.6 Å². The Labute approximate surface area is 97.4 Å². The van der Waals surface area contributed by atoms with Crippen molar-refractivity contribution in [3.05, 3.63) is 0 Å². The quantitative estimate of drug-likeness (QED) is 0.688. The molecule has 2 atom stereocenters. The van der Waals surface area contributed by atoms with E-state index in [1.54, 1.807) is 0 Å². The summed E-state index contributed by atoms with van der Waals surface area (Å²) in [7, 11) is 4.00. The molecule has 0 aromatic rings. The molecule has 0 bridgehead atoms.